The number of halogens is 1. The topological polar surface area (TPSA) is 9.23 Å². The Labute approximate surface area is 196 Å². The van der Waals surface area contributed by atoms with Gasteiger partial charge in [-0.1, -0.05) is 62.0 Å². The summed E-state index contributed by atoms with van der Waals surface area (Å²) in [5.74, 6) is 9.75. The molecule has 0 unspecified atom stereocenters. The van der Waals surface area contributed by atoms with E-state index in [9.17, 15) is 0 Å². The second-order valence-electron chi connectivity index (χ2n) is 10.8. The lowest BCUT2D eigenvalue weighted by Crippen LogP contribution is -2.45. The van der Waals surface area contributed by atoms with Crippen LogP contribution in [0.15, 0.2) is 10.6 Å². The molecular formula is C27H45BrOSi. The van der Waals surface area contributed by atoms with Gasteiger partial charge in [0.15, 0.2) is 8.32 Å². The first-order valence-corrected chi connectivity index (χ1v) is 16.3. The molecule has 3 saturated carbocycles. The minimum atomic E-state index is -1.62. The zero-order valence-corrected chi connectivity index (χ0v) is 22.9. The highest BCUT2D eigenvalue weighted by Crippen LogP contribution is 2.59. The monoisotopic (exact) mass is 492 g/mol. The van der Waals surface area contributed by atoms with E-state index >= 15 is 0 Å². The van der Waals surface area contributed by atoms with Crippen LogP contribution in [-0.2, 0) is 4.43 Å². The zero-order chi connectivity index (χ0) is 21.8. The van der Waals surface area contributed by atoms with E-state index in [0.717, 1.165) is 31.1 Å². The fourth-order valence-electron chi connectivity index (χ4n) is 7.24. The van der Waals surface area contributed by atoms with E-state index in [2.05, 4.69) is 67.4 Å². The highest BCUT2D eigenvalue weighted by molar-refractivity contribution is 9.11. The quantitative estimate of drug-likeness (QED) is 0.254. The lowest BCUT2D eigenvalue weighted by atomic mass is 9.61. The van der Waals surface area contributed by atoms with Gasteiger partial charge in [-0.05, 0) is 104 Å². The summed E-state index contributed by atoms with van der Waals surface area (Å²) in [6.07, 6.45) is 12.7. The largest absolute Gasteiger partial charge is 0.401 e. The second-order valence-corrected chi connectivity index (χ2v) is 16.0. The van der Waals surface area contributed by atoms with Gasteiger partial charge in [0.1, 0.15) is 5.60 Å². The molecule has 0 heterocycles. The first-order chi connectivity index (χ1) is 14.4. The van der Waals surface area contributed by atoms with E-state index in [1.807, 2.05) is 0 Å². The summed E-state index contributed by atoms with van der Waals surface area (Å²) in [5, 5.41) is 0. The maximum absolute atomic E-state index is 7.03. The van der Waals surface area contributed by atoms with Gasteiger partial charge in [0.2, 0.25) is 0 Å². The zero-order valence-electron chi connectivity index (χ0n) is 20.3. The summed E-state index contributed by atoms with van der Waals surface area (Å²) in [6, 6.07) is 3.68. The van der Waals surface area contributed by atoms with Gasteiger partial charge >= 0.3 is 0 Å². The molecule has 3 aliphatic carbocycles. The number of allylic oxidation sites excluding steroid dienone is 1. The molecule has 0 amide bonds. The average Bonchev–Trinajstić information content (AvgIpc) is 3.36. The Kier molecular flexibility index (Phi) is 8.42. The normalized spacial score (nSPS) is 33.2. The molecule has 3 heteroatoms. The standard InChI is InChI=1S/C27H45BrOSi/c1-6-30(7-2,8-3)29-27(18-9-10-19-27)20-11-13-22(4)24-15-16-25-23(21-28)14-12-17-26(24,25)5/h21-22,24-25H,6-10,12-19H2,1-5H3/b23-21+/t22-,24-,25+,26-/m1/s1. The Balaban J connectivity index is 1.70. The van der Waals surface area contributed by atoms with E-state index in [1.165, 1.54) is 63.1 Å². The molecule has 0 saturated heterocycles. The van der Waals surface area contributed by atoms with Crippen molar-refractivity contribution in [2.24, 2.45) is 23.2 Å². The van der Waals surface area contributed by atoms with E-state index < -0.39 is 8.32 Å². The van der Waals surface area contributed by atoms with Crippen molar-refractivity contribution in [2.75, 3.05) is 0 Å². The average molecular weight is 494 g/mol. The number of hydrogen-bond donors (Lipinski definition) is 0. The van der Waals surface area contributed by atoms with Crippen LogP contribution < -0.4 is 0 Å². The number of rotatable bonds is 7. The summed E-state index contributed by atoms with van der Waals surface area (Å²) in [4.78, 5) is 2.24. The molecule has 0 aromatic carbocycles. The van der Waals surface area contributed by atoms with Crippen LogP contribution in [0, 0.1) is 35.0 Å². The van der Waals surface area contributed by atoms with Crippen molar-refractivity contribution in [3.63, 3.8) is 0 Å². The Hall–Kier alpha value is -0.0431. The van der Waals surface area contributed by atoms with Crippen LogP contribution in [0.1, 0.15) is 98.8 Å². The SMILES string of the molecule is CC[Si](CC)(CC)OC1(C#CC[C@@H](C)[C@H]2CC[C@H]3/C(=C/Br)CCC[C@]23C)CCCC1. The van der Waals surface area contributed by atoms with Crippen LogP contribution in [0.4, 0.5) is 0 Å². The fourth-order valence-corrected chi connectivity index (χ4v) is 10.8. The van der Waals surface area contributed by atoms with Crippen molar-refractivity contribution in [1.82, 2.24) is 0 Å². The van der Waals surface area contributed by atoms with Crippen molar-refractivity contribution >= 4 is 24.2 Å². The first kappa shape index (κ1) is 24.6. The van der Waals surface area contributed by atoms with Gasteiger partial charge in [0.25, 0.3) is 0 Å². The number of fused-ring (bicyclic) bond motifs is 1. The Bertz CT molecular complexity index is 656. The molecule has 0 aromatic heterocycles. The molecule has 0 spiro atoms. The van der Waals surface area contributed by atoms with Crippen molar-refractivity contribution in [1.29, 1.82) is 0 Å². The molecule has 0 radical (unpaired) electrons. The summed E-state index contributed by atoms with van der Waals surface area (Å²) >= 11 is 3.66. The smallest absolute Gasteiger partial charge is 0.194 e. The Morgan fingerprint density at radius 1 is 1.10 bits per heavy atom. The van der Waals surface area contributed by atoms with Crippen LogP contribution in [0.25, 0.3) is 0 Å². The minimum Gasteiger partial charge on any atom is -0.401 e. The third-order valence-electron chi connectivity index (χ3n) is 9.36. The first-order valence-electron chi connectivity index (χ1n) is 12.9. The Morgan fingerprint density at radius 3 is 2.37 bits per heavy atom. The van der Waals surface area contributed by atoms with Gasteiger partial charge in [0.05, 0.1) is 0 Å². The summed E-state index contributed by atoms with van der Waals surface area (Å²) in [6.45, 7) is 12.1. The van der Waals surface area contributed by atoms with Crippen LogP contribution in [-0.4, -0.2) is 13.9 Å². The van der Waals surface area contributed by atoms with Gasteiger partial charge in [-0.2, -0.15) is 0 Å². The van der Waals surface area contributed by atoms with Crippen LogP contribution in [0.2, 0.25) is 18.1 Å². The van der Waals surface area contributed by atoms with Crippen molar-refractivity contribution in [2.45, 2.75) is 123 Å². The maximum Gasteiger partial charge on any atom is 0.194 e. The Morgan fingerprint density at radius 2 is 1.77 bits per heavy atom. The third kappa shape index (κ3) is 4.81. The van der Waals surface area contributed by atoms with Gasteiger partial charge in [-0.3, -0.25) is 0 Å². The summed E-state index contributed by atoms with van der Waals surface area (Å²) < 4.78 is 7.03. The van der Waals surface area contributed by atoms with Crippen molar-refractivity contribution in [3.05, 3.63) is 10.6 Å². The van der Waals surface area contributed by atoms with E-state index in [1.54, 1.807) is 5.57 Å². The molecule has 170 valence electrons. The lowest BCUT2D eigenvalue weighted by molar-refractivity contribution is 0.0991. The number of hydrogen-bond acceptors (Lipinski definition) is 1. The van der Waals surface area contributed by atoms with Crippen molar-refractivity contribution < 1.29 is 4.43 Å². The molecule has 3 rings (SSSR count). The van der Waals surface area contributed by atoms with Crippen LogP contribution in [0.3, 0.4) is 0 Å². The summed E-state index contributed by atoms with van der Waals surface area (Å²) in [5.41, 5.74) is 2.03. The molecule has 3 aliphatic rings. The van der Waals surface area contributed by atoms with Gasteiger partial charge in [0, 0.05) is 6.42 Å². The predicted molar refractivity (Wildman–Crippen MR) is 136 cm³/mol. The highest BCUT2D eigenvalue weighted by Gasteiger charge is 2.50. The molecular weight excluding hydrogens is 448 g/mol. The maximum atomic E-state index is 7.03. The van der Waals surface area contributed by atoms with Gasteiger partial charge in [-0.25, -0.2) is 0 Å². The molecule has 4 atom stereocenters. The van der Waals surface area contributed by atoms with Gasteiger partial charge < -0.3 is 4.43 Å². The molecule has 0 aromatic rings. The lowest BCUT2D eigenvalue weighted by Gasteiger charge is -2.44. The van der Waals surface area contributed by atoms with Crippen molar-refractivity contribution in [3.8, 4) is 11.8 Å². The molecule has 30 heavy (non-hydrogen) atoms. The summed E-state index contributed by atoms with van der Waals surface area (Å²) in [7, 11) is -1.62. The van der Waals surface area contributed by atoms with Crippen LogP contribution in [0.5, 0.6) is 0 Å². The fraction of sp³-hybridized carbons (Fsp3) is 0.852. The predicted octanol–water partition coefficient (Wildman–Crippen LogP) is 8.85. The van der Waals surface area contributed by atoms with E-state index in [4.69, 9.17) is 4.43 Å². The molecule has 3 fully saturated rings. The van der Waals surface area contributed by atoms with E-state index in [0.29, 0.717) is 11.3 Å². The van der Waals surface area contributed by atoms with Crippen LogP contribution >= 0.6 is 15.9 Å². The minimum absolute atomic E-state index is 0.118. The third-order valence-corrected chi connectivity index (χ3v) is 14.6. The second kappa shape index (κ2) is 10.3. The van der Waals surface area contributed by atoms with Gasteiger partial charge in [-0.15, -0.1) is 5.92 Å². The molecule has 0 N–H and O–H groups in total. The molecule has 1 nitrogen and oxygen atoms in total. The molecule has 0 bridgehead atoms. The highest BCUT2D eigenvalue weighted by atomic mass is 79.9. The van der Waals surface area contributed by atoms with E-state index in [-0.39, 0.29) is 5.60 Å². The molecule has 0 aliphatic heterocycles.